The van der Waals surface area contributed by atoms with E-state index in [-0.39, 0.29) is 17.6 Å². The van der Waals surface area contributed by atoms with Gasteiger partial charge in [-0.05, 0) is 43.5 Å². The first kappa shape index (κ1) is 18.7. The maximum atomic E-state index is 14.0. The minimum atomic E-state index is -0.205. The van der Waals surface area contributed by atoms with E-state index in [1.165, 1.54) is 17.4 Å². The third-order valence-electron chi connectivity index (χ3n) is 5.22. The van der Waals surface area contributed by atoms with Gasteiger partial charge in [-0.2, -0.15) is 0 Å². The Bertz CT molecular complexity index is 987. The molecule has 0 N–H and O–H groups in total. The summed E-state index contributed by atoms with van der Waals surface area (Å²) in [5, 5.41) is 0. The van der Waals surface area contributed by atoms with Gasteiger partial charge in [0.25, 0.3) is 5.91 Å². The zero-order valence-electron chi connectivity index (χ0n) is 15.8. The molecule has 3 aromatic rings. The average molecular weight is 396 g/mol. The van der Waals surface area contributed by atoms with Gasteiger partial charge in [0, 0.05) is 36.8 Å². The van der Waals surface area contributed by atoms with E-state index >= 15 is 0 Å². The van der Waals surface area contributed by atoms with Crippen LogP contribution >= 0.6 is 11.3 Å². The first-order valence-electron chi connectivity index (χ1n) is 9.50. The molecule has 1 atom stereocenters. The number of benzene rings is 1. The Morgan fingerprint density at radius 1 is 1.25 bits per heavy atom. The van der Waals surface area contributed by atoms with Crippen LogP contribution in [0.3, 0.4) is 0 Å². The lowest BCUT2D eigenvalue weighted by atomic mass is 9.93. The second-order valence-electron chi connectivity index (χ2n) is 7.18. The van der Waals surface area contributed by atoms with Crippen molar-refractivity contribution in [1.82, 2.24) is 14.9 Å². The number of hydrogen-bond donors (Lipinski definition) is 0. The molecular formula is C22H22FN3OS. The lowest BCUT2D eigenvalue weighted by Crippen LogP contribution is -2.39. The Morgan fingerprint density at radius 2 is 2.11 bits per heavy atom. The highest BCUT2D eigenvalue weighted by Crippen LogP contribution is 2.28. The zero-order valence-corrected chi connectivity index (χ0v) is 16.6. The SMILES string of the molecule is Cc1ncsc1C(=O)N1CCC[C@@H](c2cccc(Cc3ccccc3F)n2)C1. The predicted molar refractivity (Wildman–Crippen MR) is 108 cm³/mol. The lowest BCUT2D eigenvalue weighted by molar-refractivity contribution is 0.0710. The molecule has 6 heteroatoms. The summed E-state index contributed by atoms with van der Waals surface area (Å²) in [4.78, 5) is 24.5. The molecule has 28 heavy (non-hydrogen) atoms. The van der Waals surface area contributed by atoms with Crippen LogP contribution in [0.2, 0.25) is 0 Å². The largest absolute Gasteiger partial charge is 0.337 e. The molecule has 4 nitrogen and oxygen atoms in total. The van der Waals surface area contributed by atoms with Crippen LogP contribution in [0.15, 0.2) is 48.0 Å². The van der Waals surface area contributed by atoms with Crippen molar-refractivity contribution in [3.63, 3.8) is 0 Å². The molecule has 0 saturated carbocycles. The zero-order chi connectivity index (χ0) is 19.5. The number of pyridine rings is 1. The van der Waals surface area contributed by atoms with Crippen LogP contribution in [0.4, 0.5) is 4.39 Å². The molecule has 1 amide bonds. The highest BCUT2D eigenvalue weighted by Gasteiger charge is 2.28. The molecule has 144 valence electrons. The van der Waals surface area contributed by atoms with E-state index in [1.54, 1.807) is 17.6 Å². The Morgan fingerprint density at radius 3 is 2.89 bits per heavy atom. The second kappa shape index (κ2) is 8.19. The summed E-state index contributed by atoms with van der Waals surface area (Å²) in [7, 11) is 0. The maximum absolute atomic E-state index is 14.0. The monoisotopic (exact) mass is 395 g/mol. The number of piperidine rings is 1. The third-order valence-corrected chi connectivity index (χ3v) is 6.14. The van der Waals surface area contributed by atoms with Crippen molar-refractivity contribution < 1.29 is 9.18 Å². The minimum Gasteiger partial charge on any atom is -0.337 e. The quantitative estimate of drug-likeness (QED) is 0.649. The van der Waals surface area contributed by atoms with Crippen LogP contribution in [-0.2, 0) is 6.42 Å². The van der Waals surface area contributed by atoms with Gasteiger partial charge in [-0.3, -0.25) is 9.78 Å². The van der Waals surface area contributed by atoms with E-state index in [1.807, 2.05) is 36.1 Å². The van der Waals surface area contributed by atoms with Gasteiger partial charge in [0.1, 0.15) is 10.7 Å². The molecule has 0 unspecified atom stereocenters. The summed E-state index contributed by atoms with van der Waals surface area (Å²) in [6.07, 6.45) is 2.42. The topological polar surface area (TPSA) is 46.1 Å². The molecule has 1 aliphatic rings. The van der Waals surface area contributed by atoms with Gasteiger partial charge in [-0.15, -0.1) is 11.3 Å². The van der Waals surface area contributed by atoms with E-state index in [0.29, 0.717) is 18.5 Å². The number of aryl methyl sites for hydroxylation is 1. The van der Waals surface area contributed by atoms with Gasteiger partial charge >= 0.3 is 0 Å². The van der Waals surface area contributed by atoms with E-state index in [4.69, 9.17) is 4.98 Å². The number of halogens is 1. The molecule has 4 rings (SSSR count). The van der Waals surface area contributed by atoms with Crippen LogP contribution < -0.4 is 0 Å². The number of hydrogen-bond acceptors (Lipinski definition) is 4. The number of nitrogens with zero attached hydrogens (tertiary/aromatic N) is 3. The Balaban J connectivity index is 1.50. The number of carbonyl (C=O) groups excluding carboxylic acids is 1. The van der Waals surface area contributed by atoms with Crippen molar-refractivity contribution >= 4 is 17.2 Å². The molecule has 0 bridgehead atoms. The molecule has 0 spiro atoms. The maximum Gasteiger partial charge on any atom is 0.265 e. The summed E-state index contributed by atoms with van der Waals surface area (Å²) in [5.41, 5.74) is 4.99. The molecule has 1 fully saturated rings. The minimum absolute atomic E-state index is 0.0622. The summed E-state index contributed by atoms with van der Waals surface area (Å²) >= 11 is 1.40. The third kappa shape index (κ3) is 3.97. The Kier molecular flexibility index (Phi) is 5.48. The van der Waals surface area contributed by atoms with Crippen LogP contribution in [0.1, 0.15) is 51.1 Å². The predicted octanol–water partition coefficient (Wildman–Crippen LogP) is 4.60. The van der Waals surface area contributed by atoms with Crippen molar-refractivity contribution in [2.24, 2.45) is 0 Å². The average Bonchev–Trinajstić information content (AvgIpc) is 3.15. The highest BCUT2D eigenvalue weighted by molar-refractivity contribution is 7.11. The number of carbonyl (C=O) groups is 1. The van der Waals surface area contributed by atoms with E-state index in [0.717, 1.165) is 41.3 Å². The summed E-state index contributed by atoms with van der Waals surface area (Å²) in [6, 6.07) is 12.7. The number of likely N-dealkylation sites (tertiary alicyclic amines) is 1. The fourth-order valence-electron chi connectivity index (χ4n) is 3.71. The van der Waals surface area contributed by atoms with Crippen molar-refractivity contribution in [2.45, 2.75) is 32.1 Å². The molecule has 1 aromatic carbocycles. The number of amides is 1. The molecule has 3 heterocycles. The standard InChI is InChI=1S/C22H22FN3OS/c1-15-21(28-14-24-15)22(27)26-11-5-7-17(13-26)20-10-4-8-18(25-20)12-16-6-2-3-9-19(16)23/h2-4,6,8-10,14,17H,5,7,11-13H2,1H3/t17-/m1/s1. The fraction of sp³-hybridized carbons (Fsp3) is 0.318. The number of thiazole rings is 1. The first-order valence-corrected chi connectivity index (χ1v) is 10.4. The van der Waals surface area contributed by atoms with Gasteiger partial charge < -0.3 is 4.90 Å². The normalized spacial score (nSPS) is 16.9. The van der Waals surface area contributed by atoms with Crippen molar-refractivity contribution in [3.8, 4) is 0 Å². The van der Waals surface area contributed by atoms with Gasteiger partial charge in [0.05, 0.1) is 11.2 Å². The van der Waals surface area contributed by atoms with Crippen LogP contribution in [0.5, 0.6) is 0 Å². The smallest absolute Gasteiger partial charge is 0.265 e. The van der Waals surface area contributed by atoms with Crippen LogP contribution in [-0.4, -0.2) is 33.9 Å². The van der Waals surface area contributed by atoms with E-state index in [2.05, 4.69) is 4.98 Å². The van der Waals surface area contributed by atoms with Crippen molar-refractivity contribution in [2.75, 3.05) is 13.1 Å². The van der Waals surface area contributed by atoms with E-state index in [9.17, 15) is 9.18 Å². The summed E-state index contributed by atoms with van der Waals surface area (Å²) in [6.45, 7) is 3.30. The number of aromatic nitrogens is 2. The molecular weight excluding hydrogens is 373 g/mol. The van der Waals surface area contributed by atoms with Crippen molar-refractivity contribution in [3.05, 3.63) is 81.3 Å². The van der Waals surface area contributed by atoms with Crippen LogP contribution in [0, 0.1) is 12.7 Å². The molecule has 1 aliphatic heterocycles. The van der Waals surface area contributed by atoms with E-state index < -0.39 is 0 Å². The Labute approximate surface area is 168 Å². The molecule has 0 radical (unpaired) electrons. The van der Waals surface area contributed by atoms with Gasteiger partial charge in [0.15, 0.2) is 0 Å². The fourth-order valence-corrected chi connectivity index (χ4v) is 4.48. The highest BCUT2D eigenvalue weighted by atomic mass is 32.1. The van der Waals surface area contributed by atoms with Gasteiger partial charge in [0.2, 0.25) is 0 Å². The molecule has 2 aromatic heterocycles. The van der Waals surface area contributed by atoms with Crippen molar-refractivity contribution in [1.29, 1.82) is 0 Å². The second-order valence-corrected chi connectivity index (χ2v) is 8.03. The molecule has 1 saturated heterocycles. The summed E-state index contributed by atoms with van der Waals surface area (Å²) in [5.74, 6) is 0.0581. The first-order chi connectivity index (χ1) is 13.6. The lowest BCUT2D eigenvalue weighted by Gasteiger charge is -2.32. The molecule has 0 aliphatic carbocycles. The summed E-state index contributed by atoms with van der Waals surface area (Å²) < 4.78 is 14.0. The van der Waals surface area contributed by atoms with Gasteiger partial charge in [-0.1, -0.05) is 24.3 Å². The van der Waals surface area contributed by atoms with Crippen LogP contribution in [0.25, 0.3) is 0 Å². The number of rotatable bonds is 4. The Hall–Kier alpha value is -2.60. The van der Waals surface area contributed by atoms with Gasteiger partial charge in [-0.25, -0.2) is 9.37 Å².